The second-order valence-electron chi connectivity index (χ2n) is 5.47. The molecule has 20 heavy (non-hydrogen) atoms. The van der Waals surface area contributed by atoms with Crippen LogP contribution in [0.2, 0.25) is 0 Å². The number of rotatable bonds is 4. The monoisotopic (exact) mass is 270 g/mol. The molecule has 0 aliphatic carbocycles. The van der Waals surface area contributed by atoms with Gasteiger partial charge in [0.05, 0.1) is 24.1 Å². The molecule has 0 saturated heterocycles. The van der Waals surface area contributed by atoms with Crippen molar-refractivity contribution in [1.29, 1.82) is 5.26 Å². The molecule has 0 aliphatic rings. The topological polar surface area (TPSA) is 74.7 Å². The van der Waals surface area contributed by atoms with Crippen molar-refractivity contribution in [3.05, 3.63) is 47.5 Å². The molecule has 2 rings (SSSR count). The fraction of sp³-hybridized carbons (Fsp3) is 0.400. The predicted octanol–water partition coefficient (Wildman–Crippen LogP) is 2.18. The molecule has 104 valence electrons. The number of hydrogen-bond acceptors (Lipinski definition) is 4. The van der Waals surface area contributed by atoms with Gasteiger partial charge in [-0.2, -0.15) is 10.4 Å². The first-order chi connectivity index (χ1) is 9.42. The number of aliphatic hydroxyl groups excluding tert-OH is 1. The lowest BCUT2D eigenvalue weighted by Crippen LogP contribution is -2.15. The van der Waals surface area contributed by atoms with Crippen LogP contribution < -0.4 is 0 Å². The first-order valence-electron chi connectivity index (χ1n) is 6.48. The second-order valence-corrected chi connectivity index (χ2v) is 5.47. The van der Waals surface area contributed by atoms with E-state index in [1.54, 1.807) is 17.9 Å². The van der Waals surface area contributed by atoms with Crippen LogP contribution in [0.25, 0.3) is 0 Å². The first-order valence-corrected chi connectivity index (χ1v) is 6.48. The number of aromatic nitrogens is 3. The molecular weight excluding hydrogens is 252 g/mol. The van der Waals surface area contributed by atoms with Crippen molar-refractivity contribution < 1.29 is 5.11 Å². The van der Waals surface area contributed by atoms with Gasteiger partial charge in [-0.15, -0.1) is 0 Å². The van der Waals surface area contributed by atoms with Crippen molar-refractivity contribution >= 4 is 0 Å². The summed E-state index contributed by atoms with van der Waals surface area (Å²) in [5, 5.41) is 23.2. The maximum Gasteiger partial charge on any atom is 0.137 e. The van der Waals surface area contributed by atoms with Crippen LogP contribution >= 0.6 is 0 Å². The average molecular weight is 270 g/mol. The molecule has 5 heteroatoms. The first kappa shape index (κ1) is 14.2. The van der Waals surface area contributed by atoms with Crippen molar-refractivity contribution in [2.75, 3.05) is 0 Å². The molecule has 1 aromatic heterocycles. The number of aliphatic hydroxyl groups is 1. The molecule has 1 aromatic carbocycles. The largest absolute Gasteiger partial charge is 0.389 e. The lowest BCUT2D eigenvalue weighted by molar-refractivity contribution is 0.199. The molecular formula is C15H18N4O. The number of hydrogen-bond donors (Lipinski definition) is 1. The smallest absolute Gasteiger partial charge is 0.137 e. The minimum absolute atomic E-state index is 0.565. The molecule has 1 unspecified atom stereocenters. The zero-order valence-electron chi connectivity index (χ0n) is 11.9. The van der Waals surface area contributed by atoms with Crippen LogP contribution in [0.4, 0.5) is 0 Å². The van der Waals surface area contributed by atoms with E-state index in [-0.39, 0.29) is 0 Å². The van der Waals surface area contributed by atoms with Crippen LogP contribution in [0.15, 0.2) is 30.9 Å². The van der Waals surface area contributed by atoms with Crippen LogP contribution in [0, 0.1) is 11.3 Å². The summed E-state index contributed by atoms with van der Waals surface area (Å²) in [7, 11) is 0. The Balaban J connectivity index is 2.44. The van der Waals surface area contributed by atoms with Gasteiger partial charge in [0.1, 0.15) is 12.7 Å². The van der Waals surface area contributed by atoms with E-state index in [2.05, 4.69) is 16.2 Å². The molecule has 2 aromatic rings. The van der Waals surface area contributed by atoms with Gasteiger partial charge in [-0.1, -0.05) is 18.2 Å². The summed E-state index contributed by atoms with van der Waals surface area (Å²) < 4.78 is 1.71. The Bertz CT molecular complexity index is 624. The van der Waals surface area contributed by atoms with Gasteiger partial charge in [-0.05, 0) is 37.5 Å². The highest BCUT2D eigenvalue weighted by Gasteiger charge is 2.21. The van der Waals surface area contributed by atoms with Gasteiger partial charge in [0, 0.05) is 0 Å². The van der Waals surface area contributed by atoms with Gasteiger partial charge in [-0.3, -0.25) is 0 Å². The van der Waals surface area contributed by atoms with Crippen LogP contribution in [-0.2, 0) is 12.0 Å². The maximum atomic E-state index is 9.82. The Labute approximate surface area is 118 Å². The van der Waals surface area contributed by atoms with E-state index in [1.807, 2.05) is 32.0 Å². The lowest BCUT2D eigenvalue weighted by Gasteiger charge is -2.19. The Morgan fingerprint density at radius 2 is 2.15 bits per heavy atom. The molecule has 5 nitrogen and oxygen atoms in total. The summed E-state index contributed by atoms with van der Waals surface area (Å²) in [5.41, 5.74) is 2.10. The van der Waals surface area contributed by atoms with Crippen molar-refractivity contribution in [1.82, 2.24) is 14.8 Å². The van der Waals surface area contributed by atoms with Gasteiger partial charge < -0.3 is 5.11 Å². The molecule has 0 radical (unpaired) electrons. The standard InChI is InChI=1S/C15H18N4O/c1-11(20)13-4-12(7-19-10-17-9-18-19)5-14(6-13)15(2,3)8-16/h4-6,9-11,20H,7H2,1-3H3. The Hall–Kier alpha value is -2.19. The van der Waals surface area contributed by atoms with Gasteiger partial charge in [0.2, 0.25) is 0 Å². The van der Waals surface area contributed by atoms with Gasteiger partial charge in [-0.25, -0.2) is 9.67 Å². The van der Waals surface area contributed by atoms with E-state index in [0.29, 0.717) is 6.54 Å². The summed E-state index contributed by atoms with van der Waals surface area (Å²) in [6.45, 7) is 6.02. The SMILES string of the molecule is CC(O)c1cc(Cn2cncn2)cc(C(C)(C)C#N)c1. The normalized spacial score (nSPS) is 12.9. The van der Waals surface area contributed by atoms with E-state index in [0.717, 1.165) is 16.7 Å². The van der Waals surface area contributed by atoms with Crippen molar-refractivity contribution in [2.24, 2.45) is 0 Å². The van der Waals surface area contributed by atoms with Crippen LogP contribution in [0.5, 0.6) is 0 Å². The number of nitrogens with zero attached hydrogens (tertiary/aromatic N) is 4. The number of benzene rings is 1. The fourth-order valence-electron chi connectivity index (χ4n) is 1.98. The van der Waals surface area contributed by atoms with Crippen molar-refractivity contribution in [3.8, 4) is 6.07 Å². The highest BCUT2D eigenvalue weighted by atomic mass is 16.3. The van der Waals surface area contributed by atoms with Crippen LogP contribution in [0.3, 0.4) is 0 Å². The molecule has 0 saturated carbocycles. The zero-order chi connectivity index (χ0) is 14.8. The van der Waals surface area contributed by atoms with E-state index in [4.69, 9.17) is 0 Å². The summed E-state index contributed by atoms with van der Waals surface area (Å²) >= 11 is 0. The number of nitriles is 1. The molecule has 0 fully saturated rings. The minimum Gasteiger partial charge on any atom is -0.389 e. The van der Waals surface area contributed by atoms with Gasteiger partial charge >= 0.3 is 0 Å². The van der Waals surface area contributed by atoms with E-state index in [1.165, 1.54) is 6.33 Å². The average Bonchev–Trinajstić information content (AvgIpc) is 2.91. The predicted molar refractivity (Wildman–Crippen MR) is 74.8 cm³/mol. The third-order valence-electron chi connectivity index (χ3n) is 3.31. The highest BCUT2D eigenvalue weighted by molar-refractivity contribution is 5.38. The fourth-order valence-corrected chi connectivity index (χ4v) is 1.98. The molecule has 1 heterocycles. The van der Waals surface area contributed by atoms with E-state index >= 15 is 0 Å². The zero-order valence-corrected chi connectivity index (χ0v) is 11.9. The van der Waals surface area contributed by atoms with Crippen molar-refractivity contribution in [2.45, 2.75) is 38.8 Å². The maximum absolute atomic E-state index is 9.82. The Morgan fingerprint density at radius 3 is 2.70 bits per heavy atom. The lowest BCUT2D eigenvalue weighted by atomic mass is 9.84. The second kappa shape index (κ2) is 5.43. The summed E-state index contributed by atoms with van der Waals surface area (Å²) in [6, 6.07) is 8.10. The highest BCUT2D eigenvalue weighted by Crippen LogP contribution is 2.27. The van der Waals surface area contributed by atoms with Crippen molar-refractivity contribution in [3.63, 3.8) is 0 Å². The Kier molecular flexibility index (Phi) is 3.86. The van der Waals surface area contributed by atoms with E-state index in [9.17, 15) is 10.4 Å². The van der Waals surface area contributed by atoms with Gasteiger partial charge in [0.25, 0.3) is 0 Å². The molecule has 0 aliphatic heterocycles. The molecule has 0 bridgehead atoms. The van der Waals surface area contributed by atoms with Crippen LogP contribution in [0.1, 0.15) is 43.6 Å². The molecule has 1 atom stereocenters. The Morgan fingerprint density at radius 1 is 1.40 bits per heavy atom. The third kappa shape index (κ3) is 3.03. The summed E-state index contributed by atoms with van der Waals surface area (Å²) in [5.74, 6) is 0. The van der Waals surface area contributed by atoms with Crippen LogP contribution in [-0.4, -0.2) is 19.9 Å². The van der Waals surface area contributed by atoms with Gasteiger partial charge in [0.15, 0.2) is 0 Å². The molecule has 0 spiro atoms. The summed E-state index contributed by atoms with van der Waals surface area (Å²) in [4.78, 5) is 3.91. The minimum atomic E-state index is -0.595. The summed E-state index contributed by atoms with van der Waals surface area (Å²) in [6.07, 6.45) is 2.56. The quantitative estimate of drug-likeness (QED) is 0.924. The van der Waals surface area contributed by atoms with E-state index < -0.39 is 11.5 Å². The third-order valence-corrected chi connectivity index (χ3v) is 3.31. The molecule has 0 amide bonds. The molecule has 1 N–H and O–H groups in total.